The first-order valence-corrected chi connectivity index (χ1v) is 23.2. The predicted molar refractivity (Wildman–Crippen MR) is 276 cm³/mol. The molecule has 0 bridgehead atoms. The van der Waals surface area contributed by atoms with Crippen LogP contribution in [0.5, 0.6) is 0 Å². The Balaban J connectivity index is 0.881. The number of benzene rings is 10. The molecule has 14 rings (SSSR count). The van der Waals surface area contributed by atoms with Crippen LogP contribution in [0, 0.1) is 0 Å². The Morgan fingerprint density at radius 3 is 1.38 bits per heavy atom. The number of hydrogen-bond donors (Lipinski definition) is 0. The molecule has 68 heavy (non-hydrogen) atoms. The van der Waals surface area contributed by atoms with Crippen LogP contribution in [-0.2, 0) is 5.41 Å². The molecular weight excluding hydrogens is 827 g/mol. The lowest BCUT2D eigenvalue weighted by molar-refractivity contribution is 0.669. The topological polar surface area (TPSA) is 51.8 Å². The van der Waals surface area contributed by atoms with E-state index in [1.165, 1.54) is 50.1 Å². The molecule has 2 aliphatic carbocycles. The molecule has 2 aliphatic rings. The Bertz CT molecular complexity index is 3940. The summed E-state index contributed by atoms with van der Waals surface area (Å²) in [5.41, 5.74) is 21.4. The fourth-order valence-electron chi connectivity index (χ4n) is 11.2. The summed E-state index contributed by atoms with van der Waals surface area (Å²) in [6, 6.07) is 84.6. The fourth-order valence-corrected chi connectivity index (χ4v) is 11.2. The first kappa shape index (κ1) is 38.3. The van der Waals surface area contributed by atoms with E-state index >= 15 is 0 Å². The van der Waals surface area contributed by atoms with E-state index in [1.54, 1.807) is 0 Å². The minimum atomic E-state index is -0.361. The van der Waals surface area contributed by atoms with Crippen molar-refractivity contribution >= 4 is 21.9 Å². The second kappa shape index (κ2) is 15.0. The van der Waals surface area contributed by atoms with Crippen molar-refractivity contribution in [2.24, 2.45) is 0 Å². The van der Waals surface area contributed by atoms with Crippen molar-refractivity contribution in [2.75, 3.05) is 0 Å². The predicted octanol–water partition coefficient (Wildman–Crippen LogP) is 16.1. The monoisotopic (exact) mass is 865 g/mol. The molecule has 4 nitrogen and oxygen atoms in total. The smallest absolute Gasteiger partial charge is 0.164 e. The van der Waals surface area contributed by atoms with Crippen molar-refractivity contribution in [3.63, 3.8) is 0 Å². The van der Waals surface area contributed by atoms with E-state index in [1.807, 2.05) is 48.5 Å². The van der Waals surface area contributed by atoms with Crippen molar-refractivity contribution in [3.8, 4) is 89.8 Å². The average molecular weight is 866 g/mol. The van der Waals surface area contributed by atoms with Crippen molar-refractivity contribution in [2.45, 2.75) is 5.41 Å². The van der Waals surface area contributed by atoms with Crippen LogP contribution in [0.25, 0.3) is 112 Å². The second-order valence-electron chi connectivity index (χ2n) is 17.8. The van der Waals surface area contributed by atoms with Crippen LogP contribution in [0.3, 0.4) is 0 Å². The van der Waals surface area contributed by atoms with Crippen LogP contribution >= 0.6 is 0 Å². The SMILES string of the molecule is c1ccc(-c2cccc(-c3nc(-c4ccccc4)nc(-c4cccc5oc6ccc(-c7cccc(-c8ccc9c(c8)-c8ccccc8C98c9ccccc9-c9ccccc98)c7)cc6c45)n3)c2)cc1. The number of rotatable bonds is 6. The fraction of sp³-hybridized carbons (Fsp3) is 0.0156. The summed E-state index contributed by atoms with van der Waals surface area (Å²) in [7, 11) is 0. The Morgan fingerprint density at radius 2 is 0.706 bits per heavy atom. The van der Waals surface area contributed by atoms with Crippen LogP contribution in [0.1, 0.15) is 22.3 Å². The van der Waals surface area contributed by atoms with E-state index in [-0.39, 0.29) is 5.41 Å². The molecule has 0 radical (unpaired) electrons. The highest BCUT2D eigenvalue weighted by Gasteiger charge is 2.51. The average Bonchev–Trinajstić information content (AvgIpc) is 4.05. The molecule has 2 aromatic heterocycles. The van der Waals surface area contributed by atoms with E-state index in [0.717, 1.165) is 66.4 Å². The minimum Gasteiger partial charge on any atom is -0.456 e. The molecule has 0 saturated carbocycles. The molecule has 0 saturated heterocycles. The maximum absolute atomic E-state index is 6.58. The maximum atomic E-state index is 6.58. The molecule has 0 N–H and O–H groups in total. The molecule has 0 amide bonds. The van der Waals surface area contributed by atoms with Gasteiger partial charge in [-0.25, -0.2) is 15.0 Å². The number of hydrogen-bond acceptors (Lipinski definition) is 4. The van der Waals surface area contributed by atoms with Gasteiger partial charge >= 0.3 is 0 Å². The third-order valence-electron chi connectivity index (χ3n) is 14.2. The van der Waals surface area contributed by atoms with Crippen molar-refractivity contribution < 1.29 is 4.42 Å². The molecule has 0 fully saturated rings. The third-order valence-corrected chi connectivity index (χ3v) is 14.2. The Morgan fingerprint density at radius 1 is 0.265 bits per heavy atom. The van der Waals surface area contributed by atoms with Gasteiger partial charge < -0.3 is 4.42 Å². The van der Waals surface area contributed by atoms with Gasteiger partial charge in [-0.1, -0.05) is 200 Å². The Kier molecular flexibility index (Phi) is 8.46. The number of nitrogens with zero attached hydrogens (tertiary/aromatic N) is 3. The molecule has 12 aromatic rings. The molecule has 0 unspecified atom stereocenters. The lowest BCUT2D eigenvalue weighted by atomic mass is 9.70. The van der Waals surface area contributed by atoms with Gasteiger partial charge in [0, 0.05) is 27.5 Å². The highest BCUT2D eigenvalue weighted by atomic mass is 16.3. The van der Waals surface area contributed by atoms with Crippen LogP contribution in [0.4, 0.5) is 0 Å². The zero-order valence-corrected chi connectivity index (χ0v) is 36.8. The molecule has 0 aliphatic heterocycles. The zero-order chi connectivity index (χ0) is 44.8. The lowest BCUT2D eigenvalue weighted by Gasteiger charge is -2.30. The third kappa shape index (κ3) is 5.77. The normalized spacial score (nSPS) is 12.8. The standard InChI is InChI=1S/C64H39N3O/c1-3-16-40(17-4-1)42-20-14-23-47(37-42)62-65-61(41-18-5-2-6-19-41)66-63(67-62)51-27-15-31-59-60(51)53-39-46(33-35-58(53)68-59)44-22-13-21-43(36-44)45-32-34-57-52(38-45)50-26-9-12-30-56(50)64(57)54-28-10-7-24-48(54)49-25-8-11-29-55(49)64/h1-39H. The van der Waals surface area contributed by atoms with Gasteiger partial charge in [0.2, 0.25) is 0 Å². The van der Waals surface area contributed by atoms with Crippen LogP contribution in [0.2, 0.25) is 0 Å². The lowest BCUT2D eigenvalue weighted by Crippen LogP contribution is -2.25. The van der Waals surface area contributed by atoms with Gasteiger partial charge in [-0.15, -0.1) is 0 Å². The zero-order valence-electron chi connectivity index (χ0n) is 36.8. The summed E-state index contributed by atoms with van der Waals surface area (Å²) in [6.07, 6.45) is 0. The number of furan rings is 1. The highest BCUT2D eigenvalue weighted by Crippen LogP contribution is 2.63. The largest absolute Gasteiger partial charge is 0.456 e. The Hall–Kier alpha value is -8.99. The van der Waals surface area contributed by atoms with Crippen LogP contribution in [-0.4, -0.2) is 15.0 Å². The van der Waals surface area contributed by atoms with Crippen LogP contribution < -0.4 is 0 Å². The molecule has 10 aromatic carbocycles. The quantitative estimate of drug-likeness (QED) is 0.167. The van der Waals surface area contributed by atoms with Gasteiger partial charge in [0.1, 0.15) is 11.2 Å². The molecule has 1 spiro atoms. The summed E-state index contributed by atoms with van der Waals surface area (Å²) < 4.78 is 6.58. The van der Waals surface area contributed by atoms with Crippen molar-refractivity contribution in [1.29, 1.82) is 0 Å². The van der Waals surface area contributed by atoms with E-state index in [4.69, 9.17) is 19.4 Å². The number of fused-ring (bicyclic) bond motifs is 13. The van der Waals surface area contributed by atoms with E-state index in [9.17, 15) is 0 Å². The number of aromatic nitrogens is 3. The van der Waals surface area contributed by atoms with E-state index in [2.05, 4.69) is 188 Å². The van der Waals surface area contributed by atoms with Gasteiger partial charge in [0.05, 0.1) is 5.41 Å². The summed E-state index contributed by atoms with van der Waals surface area (Å²) in [4.78, 5) is 15.5. The summed E-state index contributed by atoms with van der Waals surface area (Å²) in [5, 5.41) is 1.97. The maximum Gasteiger partial charge on any atom is 0.164 e. The minimum absolute atomic E-state index is 0.361. The highest BCUT2D eigenvalue weighted by molar-refractivity contribution is 6.13. The first-order valence-electron chi connectivity index (χ1n) is 23.2. The summed E-state index contributed by atoms with van der Waals surface area (Å²) in [6.45, 7) is 0. The Labute approximate surface area is 393 Å². The molecule has 0 atom stereocenters. The molecule has 316 valence electrons. The van der Waals surface area contributed by atoms with Gasteiger partial charge in [0.15, 0.2) is 17.5 Å². The summed E-state index contributed by atoms with van der Waals surface area (Å²) >= 11 is 0. The molecular formula is C64H39N3O. The van der Waals surface area contributed by atoms with Crippen molar-refractivity contribution in [1.82, 2.24) is 15.0 Å². The second-order valence-corrected chi connectivity index (χ2v) is 17.8. The van der Waals surface area contributed by atoms with Gasteiger partial charge in [0.25, 0.3) is 0 Å². The van der Waals surface area contributed by atoms with E-state index < -0.39 is 0 Å². The van der Waals surface area contributed by atoms with E-state index in [0.29, 0.717) is 17.5 Å². The van der Waals surface area contributed by atoms with Gasteiger partial charge in [-0.05, 0) is 114 Å². The van der Waals surface area contributed by atoms with Crippen LogP contribution in [0.15, 0.2) is 241 Å². The summed E-state index contributed by atoms with van der Waals surface area (Å²) in [5.74, 6) is 1.81. The van der Waals surface area contributed by atoms with Crippen molar-refractivity contribution in [3.05, 3.63) is 259 Å². The van der Waals surface area contributed by atoms with Gasteiger partial charge in [-0.2, -0.15) is 0 Å². The molecule has 2 heterocycles. The first-order chi connectivity index (χ1) is 33.7. The molecule has 4 heteroatoms. The van der Waals surface area contributed by atoms with Gasteiger partial charge in [-0.3, -0.25) is 0 Å².